The van der Waals surface area contributed by atoms with E-state index in [1.54, 1.807) is 4.57 Å². The van der Waals surface area contributed by atoms with Crippen molar-refractivity contribution in [2.75, 3.05) is 13.1 Å². The van der Waals surface area contributed by atoms with Crippen molar-refractivity contribution in [1.29, 1.82) is 0 Å². The summed E-state index contributed by atoms with van der Waals surface area (Å²) in [6, 6.07) is 4.16. The third kappa shape index (κ3) is 3.44. The highest BCUT2D eigenvalue weighted by Gasteiger charge is 2.21. The molecule has 0 radical (unpaired) electrons. The minimum Gasteiger partial charge on any atom is -0.299 e. The van der Waals surface area contributed by atoms with Gasteiger partial charge in [0.25, 0.3) is 0 Å². The number of nitrogens with one attached hydrogen (secondary N) is 1. The molecule has 0 amide bonds. The number of H-pyrrole nitrogens is 1. The molecule has 0 saturated carbocycles. The normalized spacial score (nSPS) is 17.0. The van der Waals surface area contributed by atoms with Crippen molar-refractivity contribution in [3.05, 3.63) is 46.4 Å². The first-order chi connectivity index (χ1) is 10.8. The highest BCUT2D eigenvalue weighted by Crippen LogP contribution is 2.21. The van der Waals surface area contributed by atoms with E-state index in [0.29, 0.717) is 12.5 Å². The molecular formula is C16H23N5O. The maximum absolute atomic E-state index is 11.6. The number of rotatable bonds is 5. The van der Waals surface area contributed by atoms with Crippen molar-refractivity contribution >= 4 is 0 Å². The van der Waals surface area contributed by atoms with E-state index >= 15 is 0 Å². The lowest BCUT2D eigenvalue weighted by atomic mass is 9.93. The molecule has 22 heavy (non-hydrogen) atoms. The third-order valence-corrected chi connectivity index (χ3v) is 4.49. The number of piperidine rings is 1. The number of aromatic nitrogens is 4. The number of hydrogen-bond donors (Lipinski definition) is 1. The summed E-state index contributed by atoms with van der Waals surface area (Å²) < 4.78 is 1.74. The summed E-state index contributed by atoms with van der Waals surface area (Å²) in [5.74, 6) is 1.52. The van der Waals surface area contributed by atoms with Crippen LogP contribution in [0.4, 0.5) is 0 Å². The zero-order valence-electron chi connectivity index (χ0n) is 13.0. The molecule has 1 fully saturated rings. The predicted octanol–water partition coefficient (Wildman–Crippen LogP) is 1.44. The zero-order valence-corrected chi connectivity index (χ0v) is 13.0. The van der Waals surface area contributed by atoms with Crippen LogP contribution in [-0.2, 0) is 19.5 Å². The van der Waals surface area contributed by atoms with Crippen LogP contribution in [0.5, 0.6) is 0 Å². The molecule has 1 N–H and O–H groups in total. The van der Waals surface area contributed by atoms with E-state index < -0.39 is 0 Å². The van der Waals surface area contributed by atoms with Gasteiger partial charge < -0.3 is 0 Å². The van der Waals surface area contributed by atoms with Crippen LogP contribution in [0.1, 0.15) is 31.2 Å². The second kappa shape index (κ2) is 6.87. The van der Waals surface area contributed by atoms with Crippen LogP contribution < -0.4 is 5.69 Å². The maximum Gasteiger partial charge on any atom is 0.343 e. The summed E-state index contributed by atoms with van der Waals surface area (Å²) in [7, 11) is 0. The average Bonchev–Trinajstić information content (AvgIpc) is 2.90. The Morgan fingerprint density at radius 2 is 2.00 bits per heavy atom. The van der Waals surface area contributed by atoms with Gasteiger partial charge in [-0.1, -0.05) is 0 Å². The average molecular weight is 301 g/mol. The Morgan fingerprint density at radius 1 is 1.27 bits per heavy atom. The minimum absolute atomic E-state index is 0.0902. The molecule has 3 heterocycles. The van der Waals surface area contributed by atoms with Crippen LogP contribution in [0, 0.1) is 5.92 Å². The fraction of sp³-hybridized carbons (Fsp3) is 0.562. The van der Waals surface area contributed by atoms with Crippen LogP contribution in [0.25, 0.3) is 0 Å². The highest BCUT2D eigenvalue weighted by molar-refractivity contribution is 5.09. The number of pyridine rings is 1. The number of likely N-dealkylation sites (tertiary alicyclic amines) is 1. The van der Waals surface area contributed by atoms with Crippen molar-refractivity contribution in [1.82, 2.24) is 24.6 Å². The molecule has 0 aromatic carbocycles. The van der Waals surface area contributed by atoms with E-state index in [4.69, 9.17) is 0 Å². The molecule has 0 atom stereocenters. The molecule has 1 saturated heterocycles. The van der Waals surface area contributed by atoms with Crippen molar-refractivity contribution in [2.45, 2.75) is 39.3 Å². The van der Waals surface area contributed by atoms with E-state index in [9.17, 15) is 4.79 Å². The van der Waals surface area contributed by atoms with Crippen LogP contribution >= 0.6 is 0 Å². The summed E-state index contributed by atoms with van der Waals surface area (Å²) in [5.41, 5.74) is 1.23. The summed E-state index contributed by atoms with van der Waals surface area (Å²) >= 11 is 0. The number of aromatic amines is 1. The first kappa shape index (κ1) is 15.0. The summed E-state index contributed by atoms with van der Waals surface area (Å²) in [4.78, 5) is 18.1. The molecule has 0 bridgehead atoms. The Bertz CT molecular complexity index is 640. The molecular weight excluding hydrogens is 278 g/mol. The van der Waals surface area contributed by atoms with Crippen molar-refractivity contribution in [2.24, 2.45) is 5.92 Å². The van der Waals surface area contributed by atoms with Gasteiger partial charge in [-0.25, -0.2) is 9.89 Å². The molecule has 6 heteroatoms. The van der Waals surface area contributed by atoms with Gasteiger partial charge in [0.15, 0.2) is 0 Å². The van der Waals surface area contributed by atoms with E-state index in [1.165, 1.54) is 5.56 Å². The smallest absolute Gasteiger partial charge is 0.299 e. The molecule has 3 rings (SSSR count). The van der Waals surface area contributed by atoms with Gasteiger partial charge >= 0.3 is 5.69 Å². The third-order valence-electron chi connectivity index (χ3n) is 4.49. The highest BCUT2D eigenvalue weighted by atomic mass is 16.1. The Balaban J connectivity index is 1.52. The predicted molar refractivity (Wildman–Crippen MR) is 84.5 cm³/mol. The largest absolute Gasteiger partial charge is 0.343 e. The van der Waals surface area contributed by atoms with Crippen LogP contribution in [0.15, 0.2) is 29.3 Å². The summed E-state index contributed by atoms with van der Waals surface area (Å²) in [6.45, 7) is 5.88. The van der Waals surface area contributed by atoms with E-state index in [-0.39, 0.29) is 5.69 Å². The lowest BCUT2D eigenvalue weighted by Crippen LogP contribution is -2.34. The van der Waals surface area contributed by atoms with Gasteiger partial charge in [-0.15, -0.1) is 0 Å². The van der Waals surface area contributed by atoms with E-state index in [1.807, 2.05) is 19.3 Å². The van der Waals surface area contributed by atoms with Gasteiger partial charge in [0.05, 0.1) is 0 Å². The van der Waals surface area contributed by atoms with Gasteiger partial charge in [0.1, 0.15) is 5.82 Å². The fourth-order valence-electron chi connectivity index (χ4n) is 3.19. The molecule has 1 aliphatic heterocycles. The molecule has 1 aliphatic rings. The van der Waals surface area contributed by atoms with Gasteiger partial charge in [-0.3, -0.25) is 14.5 Å². The van der Waals surface area contributed by atoms with Gasteiger partial charge in [-0.2, -0.15) is 5.10 Å². The Morgan fingerprint density at radius 3 is 2.68 bits per heavy atom. The quantitative estimate of drug-likeness (QED) is 0.907. The van der Waals surface area contributed by atoms with Crippen LogP contribution in [0.3, 0.4) is 0 Å². The van der Waals surface area contributed by atoms with Gasteiger partial charge in [0, 0.05) is 31.9 Å². The second-order valence-electron chi connectivity index (χ2n) is 5.97. The first-order valence-electron chi connectivity index (χ1n) is 8.01. The molecule has 0 unspecified atom stereocenters. The minimum atomic E-state index is -0.0902. The lowest BCUT2D eigenvalue weighted by Gasteiger charge is -2.31. The fourth-order valence-corrected chi connectivity index (χ4v) is 3.19. The van der Waals surface area contributed by atoms with Gasteiger partial charge in [-0.05, 0) is 56.5 Å². The monoisotopic (exact) mass is 301 g/mol. The summed E-state index contributed by atoms with van der Waals surface area (Å²) in [5, 5.41) is 6.73. The Hall–Kier alpha value is -1.95. The topological polar surface area (TPSA) is 66.8 Å². The molecule has 0 spiro atoms. The second-order valence-corrected chi connectivity index (χ2v) is 5.97. The molecule has 0 aliphatic carbocycles. The van der Waals surface area contributed by atoms with Crippen molar-refractivity contribution in [3.63, 3.8) is 0 Å². The Kier molecular flexibility index (Phi) is 4.68. The van der Waals surface area contributed by atoms with E-state index in [0.717, 1.165) is 44.7 Å². The lowest BCUT2D eigenvalue weighted by molar-refractivity contribution is 0.175. The SMILES string of the molecule is CCn1c(CC2CCN(Cc3ccncc3)CC2)n[nH]c1=O. The van der Waals surface area contributed by atoms with Crippen molar-refractivity contribution in [3.8, 4) is 0 Å². The Labute approximate surface area is 130 Å². The van der Waals surface area contributed by atoms with Crippen molar-refractivity contribution < 1.29 is 0 Å². The van der Waals surface area contributed by atoms with Gasteiger partial charge in [0.2, 0.25) is 0 Å². The number of hydrogen-bond acceptors (Lipinski definition) is 4. The standard InChI is InChI=1S/C16H23N5O/c1-2-21-15(18-19-16(21)22)11-13-5-9-20(10-6-13)12-14-3-7-17-8-4-14/h3-4,7-8,13H,2,5-6,9-12H2,1H3,(H,19,22). The van der Waals surface area contributed by atoms with Crippen LogP contribution in [-0.4, -0.2) is 37.7 Å². The molecule has 2 aromatic rings. The molecule has 2 aromatic heterocycles. The molecule has 118 valence electrons. The molecule has 6 nitrogen and oxygen atoms in total. The van der Waals surface area contributed by atoms with Crippen LogP contribution in [0.2, 0.25) is 0 Å². The first-order valence-corrected chi connectivity index (χ1v) is 8.01. The van der Waals surface area contributed by atoms with E-state index in [2.05, 4.69) is 32.2 Å². The number of nitrogens with zero attached hydrogens (tertiary/aromatic N) is 4. The summed E-state index contributed by atoms with van der Waals surface area (Å²) in [6.07, 6.45) is 6.93. The maximum atomic E-state index is 11.6. The zero-order chi connectivity index (χ0) is 15.4.